The molecule has 27 heavy (non-hydrogen) atoms. The van der Waals surface area contributed by atoms with Crippen LogP contribution in [-0.2, 0) is 9.59 Å². The molecule has 0 N–H and O–H groups in total. The van der Waals surface area contributed by atoms with E-state index in [1.165, 1.54) is 18.5 Å². The molecule has 0 amide bonds. The molecule has 0 spiro atoms. The van der Waals surface area contributed by atoms with Crippen LogP contribution in [0.15, 0.2) is 24.3 Å². The van der Waals surface area contributed by atoms with Crippen LogP contribution in [0.4, 0.5) is 5.69 Å². The van der Waals surface area contributed by atoms with E-state index in [4.69, 9.17) is 0 Å². The van der Waals surface area contributed by atoms with Crippen LogP contribution in [0.1, 0.15) is 85.1 Å². The summed E-state index contributed by atoms with van der Waals surface area (Å²) >= 11 is 0. The van der Waals surface area contributed by atoms with Gasteiger partial charge < -0.3 is 4.90 Å². The van der Waals surface area contributed by atoms with Crippen LogP contribution in [0.3, 0.4) is 0 Å². The summed E-state index contributed by atoms with van der Waals surface area (Å²) < 4.78 is 0. The van der Waals surface area contributed by atoms with Crippen molar-refractivity contribution in [3.8, 4) is 0 Å². The van der Waals surface area contributed by atoms with E-state index in [1.54, 1.807) is 6.92 Å². The molecule has 0 aliphatic carbocycles. The highest BCUT2D eigenvalue weighted by Crippen LogP contribution is 2.26. The lowest BCUT2D eigenvalue weighted by Gasteiger charge is -2.26. The van der Waals surface area contributed by atoms with E-state index in [2.05, 4.69) is 49.9 Å². The van der Waals surface area contributed by atoms with Gasteiger partial charge in [0, 0.05) is 37.0 Å². The maximum absolute atomic E-state index is 12.1. The highest BCUT2D eigenvalue weighted by molar-refractivity contribution is 5.85. The monoisotopic (exact) mass is 373 g/mol. The van der Waals surface area contributed by atoms with Crippen molar-refractivity contribution in [3.63, 3.8) is 0 Å². The number of carbonyl (C=O) groups is 2. The minimum Gasteiger partial charge on any atom is -0.372 e. The number of ketones is 2. The minimum absolute atomic E-state index is 0.0353. The quantitative estimate of drug-likeness (QED) is 0.424. The van der Waals surface area contributed by atoms with E-state index in [0.29, 0.717) is 12.8 Å². The van der Waals surface area contributed by atoms with Crippen LogP contribution < -0.4 is 4.90 Å². The third-order valence-corrected chi connectivity index (χ3v) is 5.56. The summed E-state index contributed by atoms with van der Waals surface area (Å²) in [5, 5.41) is 0. The molecule has 2 unspecified atom stereocenters. The summed E-state index contributed by atoms with van der Waals surface area (Å²) in [5.41, 5.74) is 2.26. The van der Waals surface area contributed by atoms with Gasteiger partial charge in [-0.05, 0) is 49.8 Å². The van der Waals surface area contributed by atoms with E-state index in [-0.39, 0.29) is 23.4 Å². The number of benzene rings is 1. The number of hydrogen-bond acceptors (Lipinski definition) is 3. The Hall–Kier alpha value is -1.64. The Bertz CT molecular complexity index is 577. The molecule has 3 nitrogen and oxygen atoms in total. The summed E-state index contributed by atoms with van der Waals surface area (Å²) in [6.07, 6.45) is 4.62. The molecule has 0 heterocycles. The molecule has 0 bridgehead atoms. The van der Waals surface area contributed by atoms with E-state index in [9.17, 15) is 9.59 Å². The fourth-order valence-electron chi connectivity index (χ4n) is 3.32. The van der Waals surface area contributed by atoms with Crippen molar-refractivity contribution in [2.45, 2.75) is 79.6 Å². The van der Waals surface area contributed by atoms with Crippen molar-refractivity contribution in [1.82, 2.24) is 0 Å². The number of Topliss-reactive ketones (excluding diaryl/α,β-unsaturated/α-hetero) is 2. The average molecular weight is 374 g/mol. The lowest BCUT2D eigenvalue weighted by atomic mass is 9.88. The summed E-state index contributed by atoms with van der Waals surface area (Å²) in [6, 6.07) is 8.43. The van der Waals surface area contributed by atoms with Crippen molar-refractivity contribution in [2.75, 3.05) is 18.0 Å². The fourth-order valence-corrected chi connectivity index (χ4v) is 3.32. The first kappa shape index (κ1) is 23.4. The smallest absolute Gasteiger partial charge is 0.137 e. The minimum atomic E-state index is -0.179. The Kier molecular flexibility index (Phi) is 10.4. The van der Waals surface area contributed by atoms with Gasteiger partial charge in [0.2, 0.25) is 0 Å². The highest BCUT2D eigenvalue weighted by atomic mass is 16.1. The third-order valence-electron chi connectivity index (χ3n) is 5.56. The Labute approximate surface area is 166 Å². The van der Waals surface area contributed by atoms with Gasteiger partial charge in [0.05, 0.1) is 0 Å². The average Bonchev–Trinajstić information content (AvgIpc) is 2.65. The molecule has 0 aromatic heterocycles. The molecule has 0 fully saturated rings. The first-order valence-electron chi connectivity index (χ1n) is 10.7. The summed E-state index contributed by atoms with van der Waals surface area (Å²) in [6.45, 7) is 14.4. The van der Waals surface area contributed by atoms with E-state index < -0.39 is 0 Å². The van der Waals surface area contributed by atoms with Crippen LogP contribution >= 0.6 is 0 Å². The molecule has 0 saturated heterocycles. The van der Waals surface area contributed by atoms with Gasteiger partial charge in [-0.1, -0.05) is 53.2 Å². The van der Waals surface area contributed by atoms with Crippen LogP contribution in [0.5, 0.6) is 0 Å². The molecule has 2 atom stereocenters. The van der Waals surface area contributed by atoms with E-state index in [0.717, 1.165) is 31.0 Å². The molecular formula is C24H39NO2. The van der Waals surface area contributed by atoms with Crippen LogP contribution in [-0.4, -0.2) is 24.7 Å². The third kappa shape index (κ3) is 7.86. The zero-order valence-corrected chi connectivity index (χ0v) is 18.3. The lowest BCUT2D eigenvalue weighted by molar-refractivity contribution is -0.122. The van der Waals surface area contributed by atoms with E-state index in [1.807, 2.05) is 13.8 Å². The van der Waals surface area contributed by atoms with Gasteiger partial charge in [0.25, 0.3) is 0 Å². The van der Waals surface area contributed by atoms with Gasteiger partial charge in [-0.25, -0.2) is 0 Å². The van der Waals surface area contributed by atoms with Crippen molar-refractivity contribution in [3.05, 3.63) is 29.8 Å². The van der Waals surface area contributed by atoms with Crippen LogP contribution in [0, 0.1) is 11.8 Å². The van der Waals surface area contributed by atoms with Crippen molar-refractivity contribution < 1.29 is 9.59 Å². The second-order valence-corrected chi connectivity index (χ2v) is 8.20. The zero-order chi connectivity index (χ0) is 20.4. The molecule has 0 radical (unpaired) electrons. The lowest BCUT2D eigenvalue weighted by Crippen LogP contribution is -2.26. The Morgan fingerprint density at radius 3 is 2.07 bits per heavy atom. The Morgan fingerprint density at radius 1 is 0.963 bits per heavy atom. The summed E-state index contributed by atoms with van der Waals surface area (Å²) in [7, 11) is 0. The second kappa shape index (κ2) is 11.9. The van der Waals surface area contributed by atoms with Gasteiger partial charge in [-0.3, -0.25) is 9.59 Å². The number of hydrogen-bond donors (Lipinski definition) is 0. The maximum Gasteiger partial charge on any atom is 0.137 e. The SMILES string of the molecule is CCCN(CCC(C)CC)c1ccc(C(CCC(=O)C(C)C)C(C)=O)cc1. The number of carbonyl (C=O) groups excluding carboxylic acids is 2. The van der Waals surface area contributed by atoms with Gasteiger partial charge in [0.15, 0.2) is 0 Å². The number of nitrogens with zero attached hydrogens (tertiary/aromatic N) is 1. The Morgan fingerprint density at radius 2 is 1.59 bits per heavy atom. The molecule has 152 valence electrons. The molecular weight excluding hydrogens is 334 g/mol. The molecule has 0 aliphatic rings. The molecule has 1 rings (SSSR count). The topological polar surface area (TPSA) is 37.4 Å². The number of rotatable bonds is 13. The van der Waals surface area contributed by atoms with Gasteiger partial charge >= 0.3 is 0 Å². The van der Waals surface area contributed by atoms with Crippen LogP contribution in [0.25, 0.3) is 0 Å². The fraction of sp³-hybridized carbons (Fsp3) is 0.667. The highest BCUT2D eigenvalue weighted by Gasteiger charge is 2.19. The molecule has 0 saturated carbocycles. The predicted molar refractivity (Wildman–Crippen MR) is 116 cm³/mol. The summed E-state index contributed by atoms with van der Waals surface area (Å²) in [5.74, 6) is 0.970. The zero-order valence-electron chi connectivity index (χ0n) is 18.3. The molecule has 3 heteroatoms. The van der Waals surface area contributed by atoms with Gasteiger partial charge in [-0.2, -0.15) is 0 Å². The van der Waals surface area contributed by atoms with Crippen molar-refractivity contribution in [2.24, 2.45) is 11.8 Å². The maximum atomic E-state index is 12.1. The molecule has 1 aromatic carbocycles. The standard InChI is InChI=1S/C24H39NO2/c1-7-16-25(17-15-19(5)8-2)22-11-9-21(10-12-22)23(20(6)26)13-14-24(27)18(3)4/h9-12,18-19,23H,7-8,13-17H2,1-6H3. The van der Waals surface area contributed by atoms with E-state index >= 15 is 0 Å². The Balaban J connectivity index is 2.85. The predicted octanol–water partition coefficient (Wildman–Crippen LogP) is 6.02. The molecule has 1 aromatic rings. The van der Waals surface area contributed by atoms with Crippen LogP contribution in [0.2, 0.25) is 0 Å². The second-order valence-electron chi connectivity index (χ2n) is 8.20. The number of anilines is 1. The normalized spacial score (nSPS) is 13.4. The van der Waals surface area contributed by atoms with Crippen molar-refractivity contribution >= 4 is 17.3 Å². The van der Waals surface area contributed by atoms with Gasteiger partial charge in [0.1, 0.15) is 11.6 Å². The first-order valence-corrected chi connectivity index (χ1v) is 10.7. The molecule has 0 aliphatic heterocycles. The summed E-state index contributed by atoms with van der Waals surface area (Å²) in [4.78, 5) is 26.5. The van der Waals surface area contributed by atoms with Gasteiger partial charge in [-0.15, -0.1) is 0 Å². The first-order chi connectivity index (χ1) is 12.8. The largest absolute Gasteiger partial charge is 0.372 e. The van der Waals surface area contributed by atoms with Crippen molar-refractivity contribution in [1.29, 1.82) is 0 Å².